The highest BCUT2D eigenvalue weighted by atomic mass is 32.2. The molecule has 0 aliphatic heterocycles. The van der Waals surface area contributed by atoms with E-state index >= 15 is 0 Å². The van der Waals surface area contributed by atoms with Crippen LogP contribution in [0.2, 0.25) is 0 Å². The molecule has 0 saturated carbocycles. The van der Waals surface area contributed by atoms with Crippen molar-refractivity contribution >= 4 is 10.1 Å². The van der Waals surface area contributed by atoms with Crippen molar-refractivity contribution < 1.29 is 22.6 Å². The van der Waals surface area contributed by atoms with E-state index in [0.29, 0.717) is 12.1 Å². The van der Waals surface area contributed by atoms with Crippen molar-refractivity contribution in [1.29, 1.82) is 5.26 Å². The molecule has 0 amide bonds. The van der Waals surface area contributed by atoms with Crippen molar-refractivity contribution in [3.8, 4) is 11.8 Å². The molecule has 0 unspecified atom stereocenters. The van der Waals surface area contributed by atoms with Crippen LogP contribution < -0.4 is 0 Å². The number of phenols is 1. The lowest BCUT2D eigenvalue weighted by Gasteiger charge is -2.32. The number of aromatic hydroxyl groups is 1. The lowest BCUT2D eigenvalue weighted by atomic mass is 10.1. The summed E-state index contributed by atoms with van der Waals surface area (Å²) in [5.41, 5.74) is 0.368. The minimum absolute atomic E-state index is 0.368. The Kier molecular flexibility index (Phi) is 16.9. The summed E-state index contributed by atoms with van der Waals surface area (Å²) >= 11 is 0. The third kappa shape index (κ3) is 15.0. The van der Waals surface area contributed by atoms with Crippen molar-refractivity contribution in [2.45, 2.75) is 103 Å². The molecule has 0 aliphatic carbocycles. The van der Waals surface area contributed by atoms with E-state index in [0.717, 1.165) is 10.5 Å². The number of aryl methyl sites for hydroxylation is 1. The summed E-state index contributed by atoms with van der Waals surface area (Å²) in [5.74, 6) is -0.465. The first-order chi connectivity index (χ1) is 15.6. The topological polar surface area (TPSA) is 101 Å². The van der Waals surface area contributed by atoms with E-state index in [4.69, 9.17) is 10.4 Å². The van der Waals surface area contributed by atoms with Crippen molar-refractivity contribution in [2.75, 3.05) is 26.7 Å². The predicted octanol–water partition coefficient (Wildman–Crippen LogP) is 6.28. The Bertz CT molecular complexity index is 772. The van der Waals surface area contributed by atoms with Crippen LogP contribution in [0.4, 0.5) is 0 Å². The van der Waals surface area contributed by atoms with Crippen LogP contribution in [-0.2, 0) is 10.1 Å². The van der Waals surface area contributed by atoms with Crippen molar-refractivity contribution in [2.24, 2.45) is 0 Å². The van der Waals surface area contributed by atoms with Gasteiger partial charge in [0.25, 0.3) is 0 Å². The number of unbranched alkanes of at least 4 members (excludes halogenated alkanes) is 10. The third-order valence-electron chi connectivity index (χ3n) is 6.03. The Balaban J connectivity index is 0.000000716. The molecule has 0 saturated heterocycles. The zero-order valence-corrected chi connectivity index (χ0v) is 22.1. The maximum absolute atomic E-state index is 10.5. The van der Waals surface area contributed by atoms with Crippen LogP contribution >= 0.6 is 0 Å². The summed E-state index contributed by atoms with van der Waals surface area (Å²) < 4.78 is 32.4. The second kappa shape index (κ2) is 17.8. The smallest absolute Gasteiger partial charge is 0.166 e. The molecule has 0 spiro atoms. The summed E-state index contributed by atoms with van der Waals surface area (Å²) in [6.45, 7) is 9.11. The van der Waals surface area contributed by atoms with Gasteiger partial charge in [-0.3, -0.25) is 0 Å². The standard InChI is InChI=1S/C19H39N2.C7H8O4S/c1-4-6-8-10-12-14-17-21(3,19-16-20)18-15-13-11-9-7-5-2;1-5-3-2-4-6(7(5)8)12(9,10)11/h4-15,17-19H2,1-3H3;2-4,8H,1H3,(H,9,10,11)/q+1;/p-1. The van der Waals surface area contributed by atoms with Gasteiger partial charge in [-0.05, 0) is 44.2 Å². The Hall–Kier alpha value is -1.62. The molecule has 1 rings (SSSR count). The van der Waals surface area contributed by atoms with E-state index in [1.807, 2.05) is 0 Å². The van der Waals surface area contributed by atoms with Gasteiger partial charge in [-0.25, -0.2) is 8.42 Å². The van der Waals surface area contributed by atoms with Gasteiger partial charge in [0, 0.05) is 0 Å². The Morgan fingerprint density at radius 3 is 1.76 bits per heavy atom. The summed E-state index contributed by atoms with van der Waals surface area (Å²) in [4.78, 5) is -0.567. The second-order valence-corrected chi connectivity index (χ2v) is 10.6. The number of benzene rings is 1. The van der Waals surface area contributed by atoms with Crippen molar-refractivity contribution in [1.82, 2.24) is 0 Å². The van der Waals surface area contributed by atoms with Crippen LogP contribution in [0.25, 0.3) is 0 Å². The van der Waals surface area contributed by atoms with Gasteiger partial charge >= 0.3 is 0 Å². The van der Waals surface area contributed by atoms with Crippen LogP contribution in [0, 0.1) is 18.3 Å². The SMILES string of the molecule is CCCCCCCC[N+](C)(CC#N)CCCCCCCC.Cc1cccc(S(=O)(=O)[O-])c1O. The van der Waals surface area contributed by atoms with Gasteiger partial charge in [0.15, 0.2) is 6.54 Å². The average Bonchev–Trinajstić information content (AvgIpc) is 2.75. The van der Waals surface area contributed by atoms with Crippen molar-refractivity contribution in [3.63, 3.8) is 0 Å². The highest BCUT2D eigenvalue weighted by Gasteiger charge is 2.19. The van der Waals surface area contributed by atoms with Gasteiger partial charge in [-0.15, -0.1) is 0 Å². The summed E-state index contributed by atoms with van der Waals surface area (Å²) in [6, 6.07) is 6.40. The van der Waals surface area contributed by atoms with E-state index in [1.165, 1.54) is 109 Å². The fraction of sp³-hybridized carbons (Fsp3) is 0.731. The van der Waals surface area contributed by atoms with Crippen LogP contribution in [0.1, 0.15) is 96.5 Å². The van der Waals surface area contributed by atoms with Gasteiger partial charge in [0.2, 0.25) is 0 Å². The molecular weight excluding hydrogens is 436 g/mol. The molecule has 0 radical (unpaired) electrons. The lowest BCUT2D eigenvalue weighted by Crippen LogP contribution is -2.45. The minimum atomic E-state index is -4.56. The molecule has 33 heavy (non-hydrogen) atoms. The fourth-order valence-electron chi connectivity index (χ4n) is 3.82. The largest absolute Gasteiger partial charge is 0.744 e. The molecule has 1 aromatic rings. The van der Waals surface area contributed by atoms with E-state index in [9.17, 15) is 13.0 Å². The molecule has 0 aromatic heterocycles. The van der Waals surface area contributed by atoms with E-state index in [1.54, 1.807) is 0 Å². The van der Waals surface area contributed by atoms with Gasteiger partial charge < -0.3 is 14.1 Å². The molecule has 6 nitrogen and oxygen atoms in total. The maximum atomic E-state index is 10.5. The highest BCUT2D eigenvalue weighted by Crippen LogP contribution is 2.25. The van der Waals surface area contributed by atoms with E-state index in [2.05, 4.69) is 27.0 Å². The number of hydrogen-bond acceptors (Lipinski definition) is 5. The normalized spacial score (nSPS) is 11.5. The van der Waals surface area contributed by atoms with Crippen LogP contribution in [-0.4, -0.2) is 49.2 Å². The first-order valence-corrected chi connectivity index (χ1v) is 14.0. The number of nitriles is 1. The summed E-state index contributed by atoms with van der Waals surface area (Å²) in [5, 5.41) is 18.2. The molecular formula is C26H46N2O4S. The predicted molar refractivity (Wildman–Crippen MR) is 134 cm³/mol. The fourth-order valence-corrected chi connectivity index (χ4v) is 4.47. The zero-order valence-electron chi connectivity index (χ0n) is 21.3. The molecule has 1 aromatic carbocycles. The number of quaternary nitrogens is 1. The molecule has 190 valence electrons. The van der Waals surface area contributed by atoms with E-state index in [-0.39, 0.29) is 0 Å². The maximum Gasteiger partial charge on any atom is 0.166 e. The molecule has 0 bridgehead atoms. The first kappa shape index (κ1) is 31.4. The highest BCUT2D eigenvalue weighted by molar-refractivity contribution is 7.85. The lowest BCUT2D eigenvalue weighted by molar-refractivity contribution is -0.903. The van der Waals surface area contributed by atoms with Crippen LogP contribution in [0.3, 0.4) is 0 Å². The molecule has 0 aliphatic rings. The molecule has 0 atom stereocenters. The number of nitrogens with zero attached hydrogens (tertiary/aromatic N) is 2. The summed E-state index contributed by atoms with van der Waals surface area (Å²) in [7, 11) is -2.28. The third-order valence-corrected chi connectivity index (χ3v) is 6.89. The quantitative estimate of drug-likeness (QED) is 0.129. The van der Waals surface area contributed by atoms with Gasteiger partial charge in [-0.2, -0.15) is 5.26 Å². The molecule has 0 heterocycles. The Morgan fingerprint density at radius 2 is 1.36 bits per heavy atom. The van der Waals surface area contributed by atoms with Gasteiger partial charge in [0.1, 0.15) is 21.9 Å². The molecule has 0 fully saturated rings. The van der Waals surface area contributed by atoms with Gasteiger partial charge in [0.05, 0.1) is 25.0 Å². The number of rotatable bonds is 16. The minimum Gasteiger partial charge on any atom is -0.744 e. The zero-order chi connectivity index (χ0) is 25.2. The molecule has 7 heteroatoms. The molecule has 1 N–H and O–H groups in total. The van der Waals surface area contributed by atoms with Crippen molar-refractivity contribution in [3.05, 3.63) is 23.8 Å². The number of hydrogen-bond donors (Lipinski definition) is 1. The summed E-state index contributed by atoms with van der Waals surface area (Å²) in [6.07, 6.45) is 16.2. The monoisotopic (exact) mass is 482 g/mol. The van der Waals surface area contributed by atoms with E-state index < -0.39 is 20.8 Å². The first-order valence-electron chi connectivity index (χ1n) is 12.6. The Morgan fingerprint density at radius 1 is 0.909 bits per heavy atom. The average molecular weight is 483 g/mol. The van der Waals surface area contributed by atoms with Crippen LogP contribution in [0.5, 0.6) is 5.75 Å². The van der Waals surface area contributed by atoms with Gasteiger partial charge in [-0.1, -0.05) is 77.3 Å². The number of para-hydroxylation sites is 1. The number of phenolic OH excluding ortho intramolecular Hbond substituents is 1. The second-order valence-electron chi connectivity index (χ2n) is 9.29. The Labute approximate surface area is 203 Å². The van der Waals surface area contributed by atoms with Crippen LogP contribution in [0.15, 0.2) is 23.1 Å².